The Labute approximate surface area is 109 Å². The van der Waals surface area contributed by atoms with Crippen molar-refractivity contribution in [1.82, 2.24) is 15.2 Å². The number of halogens is 3. The van der Waals surface area contributed by atoms with Crippen molar-refractivity contribution in [1.29, 1.82) is 0 Å². The number of carbonyl (C=O) groups is 1. The number of hydrogen-bond acceptors (Lipinski definition) is 4. The molecule has 0 aliphatic heterocycles. The molecule has 19 heavy (non-hydrogen) atoms. The summed E-state index contributed by atoms with van der Waals surface area (Å²) in [4.78, 5) is 15.3. The molecule has 0 aliphatic rings. The SMILES string of the molecule is O=C(Nc1ncn[nH]1)c1ccccc1SC(F)(F)F. The summed E-state index contributed by atoms with van der Waals surface area (Å²) in [6.45, 7) is 0. The zero-order valence-corrected chi connectivity index (χ0v) is 10.0. The zero-order chi connectivity index (χ0) is 13.9. The topological polar surface area (TPSA) is 70.7 Å². The van der Waals surface area contributed by atoms with Crippen molar-refractivity contribution in [3.63, 3.8) is 0 Å². The number of amides is 1. The van der Waals surface area contributed by atoms with Gasteiger partial charge in [0.1, 0.15) is 6.33 Å². The van der Waals surface area contributed by atoms with E-state index in [0.29, 0.717) is 0 Å². The molecule has 0 aliphatic carbocycles. The molecule has 1 amide bonds. The second-order valence-electron chi connectivity index (χ2n) is 3.33. The quantitative estimate of drug-likeness (QED) is 0.852. The molecule has 0 bridgehead atoms. The van der Waals surface area contributed by atoms with Crippen LogP contribution in [0.2, 0.25) is 0 Å². The van der Waals surface area contributed by atoms with Gasteiger partial charge in [0.15, 0.2) is 0 Å². The summed E-state index contributed by atoms with van der Waals surface area (Å²) >= 11 is -0.339. The monoisotopic (exact) mass is 288 g/mol. The Morgan fingerprint density at radius 3 is 2.68 bits per heavy atom. The maximum atomic E-state index is 12.4. The molecule has 2 N–H and O–H groups in total. The van der Waals surface area contributed by atoms with Crippen molar-refractivity contribution >= 4 is 23.6 Å². The molecule has 0 spiro atoms. The molecule has 0 saturated carbocycles. The molecule has 0 fully saturated rings. The van der Waals surface area contributed by atoms with Crippen LogP contribution >= 0.6 is 11.8 Å². The van der Waals surface area contributed by atoms with Gasteiger partial charge >= 0.3 is 5.51 Å². The lowest BCUT2D eigenvalue weighted by molar-refractivity contribution is -0.0328. The van der Waals surface area contributed by atoms with Crippen LogP contribution < -0.4 is 5.32 Å². The first-order chi connectivity index (χ1) is 8.96. The van der Waals surface area contributed by atoms with Crippen LogP contribution in [0.5, 0.6) is 0 Å². The van der Waals surface area contributed by atoms with E-state index in [1.807, 2.05) is 0 Å². The van der Waals surface area contributed by atoms with E-state index in [1.54, 1.807) is 0 Å². The summed E-state index contributed by atoms with van der Waals surface area (Å²) < 4.78 is 37.1. The van der Waals surface area contributed by atoms with Crippen molar-refractivity contribution in [3.8, 4) is 0 Å². The van der Waals surface area contributed by atoms with Crippen LogP contribution in [-0.4, -0.2) is 26.6 Å². The number of anilines is 1. The molecule has 5 nitrogen and oxygen atoms in total. The standard InChI is InChI=1S/C10H7F3N4OS/c11-10(12,13)19-7-4-2-1-3-6(7)8(18)16-9-14-5-15-17-9/h1-5H,(H2,14,15,16,17,18). The highest BCUT2D eigenvalue weighted by atomic mass is 32.2. The van der Waals surface area contributed by atoms with Crippen molar-refractivity contribution in [2.24, 2.45) is 0 Å². The van der Waals surface area contributed by atoms with Crippen molar-refractivity contribution < 1.29 is 18.0 Å². The lowest BCUT2D eigenvalue weighted by Gasteiger charge is -2.10. The van der Waals surface area contributed by atoms with Gasteiger partial charge in [0.2, 0.25) is 5.95 Å². The molecule has 0 radical (unpaired) electrons. The number of carbonyl (C=O) groups excluding carboxylic acids is 1. The van der Waals surface area contributed by atoms with E-state index in [4.69, 9.17) is 0 Å². The smallest absolute Gasteiger partial charge is 0.291 e. The number of H-pyrrole nitrogens is 1. The zero-order valence-electron chi connectivity index (χ0n) is 9.23. The summed E-state index contributed by atoms with van der Waals surface area (Å²) in [7, 11) is 0. The molecule has 0 unspecified atom stereocenters. The van der Waals surface area contributed by atoms with Crippen LogP contribution in [0.1, 0.15) is 10.4 Å². The molecule has 1 aromatic carbocycles. The third-order valence-corrected chi connectivity index (χ3v) is 2.81. The molecule has 9 heteroatoms. The van der Waals surface area contributed by atoms with Gasteiger partial charge in [0.25, 0.3) is 5.91 Å². The molecule has 100 valence electrons. The van der Waals surface area contributed by atoms with Gasteiger partial charge in [-0.3, -0.25) is 10.1 Å². The van der Waals surface area contributed by atoms with E-state index in [2.05, 4.69) is 20.5 Å². The fourth-order valence-electron chi connectivity index (χ4n) is 1.31. The van der Waals surface area contributed by atoms with Crippen LogP contribution in [0.15, 0.2) is 35.5 Å². The predicted octanol–water partition coefficient (Wildman–Crippen LogP) is 2.67. The van der Waals surface area contributed by atoms with Gasteiger partial charge in [-0.15, -0.1) is 0 Å². The highest BCUT2D eigenvalue weighted by Gasteiger charge is 2.31. The Hall–Kier alpha value is -2.03. The Balaban J connectivity index is 2.21. The fourth-order valence-corrected chi connectivity index (χ4v) is 1.98. The molecule has 0 saturated heterocycles. The normalized spacial score (nSPS) is 11.3. The highest BCUT2D eigenvalue weighted by Crippen LogP contribution is 2.38. The van der Waals surface area contributed by atoms with Crippen molar-refractivity contribution in [2.45, 2.75) is 10.4 Å². The molecule has 1 heterocycles. The Bertz CT molecular complexity index is 570. The first-order valence-corrected chi connectivity index (χ1v) is 5.79. The Morgan fingerprint density at radius 2 is 2.05 bits per heavy atom. The van der Waals surface area contributed by atoms with Gasteiger partial charge in [-0.05, 0) is 23.9 Å². The number of alkyl halides is 3. The van der Waals surface area contributed by atoms with Gasteiger partial charge in [-0.2, -0.15) is 23.3 Å². The molecule has 2 aromatic rings. The van der Waals surface area contributed by atoms with Crippen molar-refractivity contribution in [2.75, 3.05) is 5.32 Å². The minimum atomic E-state index is -4.46. The van der Waals surface area contributed by atoms with E-state index >= 15 is 0 Å². The predicted molar refractivity (Wildman–Crippen MR) is 62.7 cm³/mol. The molecular weight excluding hydrogens is 281 g/mol. The van der Waals surface area contributed by atoms with Crippen molar-refractivity contribution in [3.05, 3.63) is 36.2 Å². The molecule has 2 rings (SSSR count). The van der Waals surface area contributed by atoms with Gasteiger partial charge in [0.05, 0.1) is 5.56 Å². The second-order valence-corrected chi connectivity index (χ2v) is 4.44. The number of rotatable bonds is 3. The van der Waals surface area contributed by atoms with Crippen LogP contribution in [-0.2, 0) is 0 Å². The fraction of sp³-hybridized carbons (Fsp3) is 0.100. The van der Waals surface area contributed by atoms with Crippen LogP contribution in [0.4, 0.5) is 19.1 Å². The largest absolute Gasteiger partial charge is 0.446 e. The lowest BCUT2D eigenvalue weighted by Crippen LogP contribution is -2.15. The van der Waals surface area contributed by atoms with Crippen LogP contribution in [0, 0.1) is 0 Å². The summed E-state index contributed by atoms with van der Waals surface area (Å²) in [6, 6.07) is 5.45. The van der Waals surface area contributed by atoms with E-state index in [9.17, 15) is 18.0 Å². The third-order valence-electron chi connectivity index (χ3n) is 2.00. The van der Waals surface area contributed by atoms with Crippen LogP contribution in [0.3, 0.4) is 0 Å². The average Bonchev–Trinajstić information content (AvgIpc) is 2.80. The highest BCUT2D eigenvalue weighted by molar-refractivity contribution is 8.00. The van der Waals surface area contributed by atoms with Gasteiger partial charge < -0.3 is 0 Å². The van der Waals surface area contributed by atoms with E-state index in [-0.39, 0.29) is 28.2 Å². The summed E-state index contributed by atoms with van der Waals surface area (Å²) in [5, 5.41) is 8.21. The number of thioether (sulfide) groups is 1. The van der Waals surface area contributed by atoms with Crippen LogP contribution in [0.25, 0.3) is 0 Å². The maximum absolute atomic E-state index is 12.4. The Kier molecular flexibility index (Phi) is 3.74. The number of aromatic amines is 1. The first-order valence-electron chi connectivity index (χ1n) is 4.97. The third kappa shape index (κ3) is 3.71. The summed E-state index contributed by atoms with van der Waals surface area (Å²) in [6.07, 6.45) is 1.17. The van der Waals surface area contributed by atoms with E-state index in [1.165, 1.54) is 30.6 Å². The molecule has 0 atom stereocenters. The number of aromatic nitrogens is 3. The Morgan fingerprint density at radius 1 is 1.32 bits per heavy atom. The lowest BCUT2D eigenvalue weighted by atomic mass is 10.2. The minimum absolute atomic E-state index is 0.0665. The summed E-state index contributed by atoms with van der Waals surface area (Å²) in [5.41, 5.74) is -4.54. The average molecular weight is 288 g/mol. The first kappa shape index (κ1) is 13.4. The summed E-state index contributed by atoms with van der Waals surface area (Å²) in [5.74, 6) is -0.624. The number of hydrogen-bond donors (Lipinski definition) is 2. The number of nitrogens with one attached hydrogen (secondary N) is 2. The van der Waals surface area contributed by atoms with E-state index < -0.39 is 11.4 Å². The van der Waals surface area contributed by atoms with Gasteiger partial charge in [-0.25, -0.2) is 5.10 Å². The molecule has 1 aromatic heterocycles. The number of benzene rings is 1. The molecular formula is C10H7F3N4OS. The van der Waals surface area contributed by atoms with Gasteiger partial charge in [-0.1, -0.05) is 12.1 Å². The van der Waals surface area contributed by atoms with Gasteiger partial charge in [0, 0.05) is 4.90 Å². The van der Waals surface area contributed by atoms with E-state index in [0.717, 1.165) is 0 Å². The maximum Gasteiger partial charge on any atom is 0.446 e. The minimum Gasteiger partial charge on any atom is -0.291 e. The number of nitrogens with zero attached hydrogens (tertiary/aromatic N) is 2. The second kappa shape index (κ2) is 5.31.